The molecule has 2 aromatic carbocycles. The van der Waals surface area contributed by atoms with Gasteiger partial charge in [0.15, 0.2) is 5.43 Å². The zero-order chi connectivity index (χ0) is 15.5. The molecule has 6 heteroatoms. The number of rotatable bonds is 2. The fourth-order valence-electron chi connectivity index (χ4n) is 1.99. The fourth-order valence-corrected chi connectivity index (χ4v) is 2.11. The summed E-state index contributed by atoms with van der Waals surface area (Å²) < 4.78 is 5.22. The highest BCUT2D eigenvalue weighted by Crippen LogP contribution is 2.17. The van der Waals surface area contributed by atoms with Crippen molar-refractivity contribution in [1.29, 1.82) is 0 Å². The summed E-state index contributed by atoms with van der Waals surface area (Å²) in [7, 11) is 0. The largest absolute Gasteiger partial charge is 0.464 e. The number of fused-ring (bicyclic) bond motifs is 1. The lowest BCUT2D eigenvalue weighted by molar-refractivity contribution is 0.262. The predicted octanol–water partition coefficient (Wildman–Crippen LogP) is 4.09. The molecule has 0 fully saturated rings. The molecule has 0 aliphatic rings. The van der Waals surface area contributed by atoms with Gasteiger partial charge in [0.1, 0.15) is 5.58 Å². The molecular formula is C16H11ClN2O3. The molecule has 3 rings (SSSR count). The predicted molar refractivity (Wildman–Crippen MR) is 86.6 cm³/mol. The van der Waals surface area contributed by atoms with Crippen molar-refractivity contribution in [1.82, 2.24) is 0 Å². The van der Waals surface area contributed by atoms with E-state index < -0.39 is 6.03 Å². The van der Waals surface area contributed by atoms with E-state index >= 15 is 0 Å². The SMILES string of the molecule is O=C(Nc1ccc(Cl)cc1)Nc1ccc2occc(=O)c2c1. The van der Waals surface area contributed by atoms with E-state index in [-0.39, 0.29) is 5.43 Å². The summed E-state index contributed by atoms with van der Waals surface area (Å²) in [5.41, 5.74) is 1.42. The van der Waals surface area contributed by atoms with Crippen LogP contribution in [0.25, 0.3) is 11.0 Å². The van der Waals surface area contributed by atoms with Crippen molar-refractivity contribution in [2.75, 3.05) is 10.6 Å². The van der Waals surface area contributed by atoms with Gasteiger partial charge < -0.3 is 15.1 Å². The van der Waals surface area contributed by atoms with Crippen LogP contribution in [0.15, 0.2) is 64.0 Å². The van der Waals surface area contributed by atoms with Crippen molar-refractivity contribution in [2.24, 2.45) is 0 Å². The number of anilines is 2. The van der Waals surface area contributed by atoms with Gasteiger partial charge in [-0.2, -0.15) is 0 Å². The second-order valence-electron chi connectivity index (χ2n) is 4.58. The van der Waals surface area contributed by atoms with Crippen LogP contribution in [0.1, 0.15) is 0 Å². The van der Waals surface area contributed by atoms with E-state index in [1.165, 1.54) is 12.3 Å². The summed E-state index contributed by atoms with van der Waals surface area (Å²) in [5, 5.41) is 6.33. The van der Waals surface area contributed by atoms with E-state index in [1.54, 1.807) is 42.5 Å². The Morgan fingerprint density at radius 2 is 1.64 bits per heavy atom. The molecular weight excluding hydrogens is 304 g/mol. The lowest BCUT2D eigenvalue weighted by atomic mass is 10.2. The minimum Gasteiger partial charge on any atom is -0.464 e. The highest BCUT2D eigenvalue weighted by atomic mass is 35.5. The van der Waals surface area contributed by atoms with E-state index in [9.17, 15) is 9.59 Å². The van der Waals surface area contributed by atoms with Crippen molar-refractivity contribution in [3.8, 4) is 0 Å². The van der Waals surface area contributed by atoms with Gasteiger partial charge >= 0.3 is 6.03 Å². The van der Waals surface area contributed by atoms with Crippen LogP contribution in [0, 0.1) is 0 Å². The Hall–Kier alpha value is -2.79. The summed E-state index contributed by atoms with van der Waals surface area (Å²) in [6.45, 7) is 0. The molecule has 22 heavy (non-hydrogen) atoms. The van der Waals surface area contributed by atoms with Crippen molar-refractivity contribution in [3.63, 3.8) is 0 Å². The van der Waals surface area contributed by atoms with Gasteiger partial charge in [-0.1, -0.05) is 11.6 Å². The molecule has 110 valence electrons. The normalized spacial score (nSPS) is 10.4. The van der Waals surface area contributed by atoms with Gasteiger partial charge in [-0.25, -0.2) is 4.79 Å². The quantitative estimate of drug-likeness (QED) is 0.748. The van der Waals surface area contributed by atoms with Gasteiger partial charge in [0, 0.05) is 22.5 Å². The lowest BCUT2D eigenvalue weighted by Gasteiger charge is -2.08. The first kappa shape index (κ1) is 14.2. The van der Waals surface area contributed by atoms with E-state index in [2.05, 4.69) is 10.6 Å². The number of carbonyl (C=O) groups excluding carboxylic acids is 1. The average molecular weight is 315 g/mol. The summed E-state index contributed by atoms with van der Waals surface area (Å²) >= 11 is 5.78. The fraction of sp³-hybridized carbons (Fsp3) is 0. The Balaban J connectivity index is 1.77. The molecule has 0 unspecified atom stereocenters. The molecule has 0 radical (unpaired) electrons. The first-order chi connectivity index (χ1) is 10.6. The third-order valence-corrected chi connectivity index (χ3v) is 3.27. The Bertz CT molecular complexity index is 888. The molecule has 0 atom stereocenters. The number of carbonyl (C=O) groups is 1. The number of amides is 2. The van der Waals surface area contributed by atoms with Crippen LogP contribution in [-0.4, -0.2) is 6.03 Å². The second kappa shape index (κ2) is 5.91. The van der Waals surface area contributed by atoms with Gasteiger partial charge in [0.25, 0.3) is 0 Å². The second-order valence-corrected chi connectivity index (χ2v) is 5.02. The van der Waals surface area contributed by atoms with Crippen LogP contribution in [0.3, 0.4) is 0 Å². The van der Waals surface area contributed by atoms with E-state index in [0.29, 0.717) is 27.4 Å². The summed E-state index contributed by atoms with van der Waals surface area (Å²) in [4.78, 5) is 23.7. The topological polar surface area (TPSA) is 71.3 Å². The number of urea groups is 1. The molecule has 3 aromatic rings. The van der Waals surface area contributed by atoms with E-state index in [0.717, 1.165) is 0 Å². The maximum absolute atomic E-state index is 11.9. The Kier molecular flexibility index (Phi) is 3.80. The van der Waals surface area contributed by atoms with Crippen LogP contribution in [0.2, 0.25) is 5.02 Å². The number of benzene rings is 2. The third-order valence-electron chi connectivity index (χ3n) is 3.02. The first-order valence-corrected chi connectivity index (χ1v) is 6.85. The summed E-state index contributed by atoms with van der Waals surface area (Å²) in [6, 6.07) is 12.5. The van der Waals surface area contributed by atoms with Gasteiger partial charge in [0.2, 0.25) is 0 Å². The Labute approximate surface area is 130 Å². The van der Waals surface area contributed by atoms with Crippen LogP contribution in [0.4, 0.5) is 16.2 Å². The molecule has 1 aromatic heterocycles. The van der Waals surface area contributed by atoms with Crippen LogP contribution < -0.4 is 16.1 Å². The van der Waals surface area contributed by atoms with Crippen LogP contribution in [0.5, 0.6) is 0 Å². The zero-order valence-electron chi connectivity index (χ0n) is 11.3. The van der Waals surface area contributed by atoms with E-state index in [1.807, 2.05) is 0 Å². The molecule has 0 saturated heterocycles. The molecule has 1 heterocycles. The highest BCUT2D eigenvalue weighted by molar-refractivity contribution is 6.30. The highest BCUT2D eigenvalue weighted by Gasteiger charge is 2.05. The van der Waals surface area contributed by atoms with Crippen molar-refractivity contribution in [2.45, 2.75) is 0 Å². The number of hydrogen-bond acceptors (Lipinski definition) is 3. The van der Waals surface area contributed by atoms with Gasteiger partial charge in [-0.05, 0) is 42.5 Å². The van der Waals surface area contributed by atoms with E-state index in [4.69, 9.17) is 16.0 Å². The van der Waals surface area contributed by atoms with Gasteiger partial charge in [-0.15, -0.1) is 0 Å². The number of halogens is 1. The Morgan fingerprint density at radius 1 is 0.955 bits per heavy atom. The molecule has 0 aliphatic heterocycles. The molecule has 5 nitrogen and oxygen atoms in total. The number of nitrogens with one attached hydrogen (secondary N) is 2. The van der Waals surface area contributed by atoms with Crippen molar-refractivity contribution < 1.29 is 9.21 Å². The monoisotopic (exact) mass is 314 g/mol. The van der Waals surface area contributed by atoms with Crippen molar-refractivity contribution >= 4 is 40.0 Å². The summed E-state index contributed by atoms with van der Waals surface area (Å²) in [6.07, 6.45) is 1.34. The molecule has 2 amide bonds. The van der Waals surface area contributed by atoms with Gasteiger partial charge in [-0.3, -0.25) is 4.79 Å². The molecule has 0 aliphatic carbocycles. The van der Waals surface area contributed by atoms with Crippen LogP contribution in [-0.2, 0) is 0 Å². The van der Waals surface area contributed by atoms with Crippen LogP contribution >= 0.6 is 11.6 Å². The smallest absolute Gasteiger partial charge is 0.323 e. The van der Waals surface area contributed by atoms with Gasteiger partial charge in [0.05, 0.1) is 11.6 Å². The Morgan fingerprint density at radius 3 is 2.41 bits per heavy atom. The lowest BCUT2D eigenvalue weighted by Crippen LogP contribution is -2.19. The maximum Gasteiger partial charge on any atom is 0.323 e. The standard InChI is InChI=1S/C16H11ClN2O3/c17-10-1-3-11(4-2-10)18-16(21)19-12-5-6-15-13(9-12)14(20)7-8-22-15/h1-9H,(H2,18,19,21). The molecule has 0 saturated carbocycles. The maximum atomic E-state index is 11.9. The van der Waals surface area contributed by atoms with Crippen molar-refractivity contribution in [3.05, 3.63) is 70.0 Å². The summed E-state index contributed by atoms with van der Waals surface area (Å²) in [5.74, 6) is 0. The number of hydrogen-bond donors (Lipinski definition) is 2. The average Bonchev–Trinajstić information content (AvgIpc) is 2.50. The minimum atomic E-state index is -0.415. The zero-order valence-corrected chi connectivity index (χ0v) is 12.1. The minimum absolute atomic E-state index is 0.164. The third kappa shape index (κ3) is 3.10. The molecule has 0 spiro atoms. The first-order valence-electron chi connectivity index (χ1n) is 6.47. The molecule has 0 bridgehead atoms. The molecule has 2 N–H and O–H groups in total.